The van der Waals surface area contributed by atoms with Gasteiger partial charge >= 0.3 is 0 Å². The number of nitriles is 1. The van der Waals surface area contributed by atoms with E-state index in [1.54, 1.807) is 23.2 Å². The first-order valence-electron chi connectivity index (χ1n) is 10.8. The Labute approximate surface area is 203 Å². The highest BCUT2D eigenvalue weighted by Crippen LogP contribution is 2.36. The van der Waals surface area contributed by atoms with E-state index in [0.717, 1.165) is 18.9 Å². The van der Waals surface area contributed by atoms with Crippen LogP contribution in [0.5, 0.6) is 0 Å². The fourth-order valence-electron chi connectivity index (χ4n) is 3.91. The van der Waals surface area contributed by atoms with Crippen molar-refractivity contribution >= 4 is 46.0 Å². The van der Waals surface area contributed by atoms with Crippen LogP contribution in [0.3, 0.4) is 0 Å². The van der Waals surface area contributed by atoms with Crippen LogP contribution in [-0.2, 0) is 0 Å². The minimum Gasteiger partial charge on any atom is -0.382 e. The number of nitrogens with two attached hydrogens (primary N) is 2. The molecule has 176 valence electrons. The summed E-state index contributed by atoms with van der Waals surface area (Å²) in [6.45, 7) is 0.315. The smallest absolute Gasteiger partial charge is 0.269 e. The van der Waals surface area contributed by atoms with Gasteiger partial charge in [-0.1, -0.05) is 24.4 Å². The van der Waals surface area contributed by atoms with Crippen LogP contribution in [0.25, 0.3) is 16.6 Å². The van der Waals surface area contributed by atoms with Gasteiger partial charge in [0.15, 0.2) is 5.82 Å². The first-order chi connectivity index (χ1) is 16.9. The molecule has 0 amide bonds. The van der Waals surface area contributed by atoms with Crippen molar-refractivity contribution in [3.05, 3.63) is 63.4 Å². The second kappa shape index (κ2) is 8.81. The summed E-state index contributed by atoms with van der Waals surface area (Å²) in [5, 5.41) is 9.79. The number of hydrogen-bond acceptors (Lipinski definition) is 9. The largest absolute Gasteiger partial charge is 0.382 e. The van der Waals surface area contributed by atoms with Crippen molar-refractivity contribution in [2.75, 3.05) is 22.9 Å². The molecular weight excluding hydrogens is 473 g/mol. The lowest BCUT2D eigenvalue weighted by Crippen LogP contribution is -2.32. The lowest BCUT2D eigenvalue weighted by Gasteiger charge is -2.27. The third-order valence-corrected chi connectivity index (χ3v) is 6.13. The third-order valence-electron chi connectivity index (χ3n) is 5.81. The second-order valence-corrected chi connectivity index (χ2v) is 8.58. The van der Waals surface area contributed by atoms with E-state index in [-0.39, 0.29) is 45.0 Å². The number of hydrogen-bond donors (Lipinski definition) is 2. The van der Waals surface area contributed by atoms with Gasteiger partial charge in [-0.2, -0.15) is 15.2 Å². The van der Waals surface area contributed by atoms with E-state index in [1.165, 1.54) is 16.8 Å². The van der Waals surface area contributed by atoms with Gasteiger partial charge in [-0.05, 0) is 36.6 Å². The minimum absolute atomic E-state index is 0.0197. The monoisotopic (exact) mass is 491 g/mol. The van der Waals surface area contributed by atoms with E-state index in [1.807, 2.05) is 6.07 Å². The van der Waals surface area contributed by atoms with E-state index in [2.05, 4.69) is 19.9 Å². The lowest BCUT2D eigenvalue weighted by molar-refractivity contribution is 0.635. The van der Waals surface area contributed by atoms with Gasteiger partial charge in [-0.15, -0.1) is 0 Å². The number of fused-ring (bicyclic) bond motifs is 1. The van der Waals surface area contributed by atoms with E-state index in [4.69, 9.17) is 23.1 Å². The zero-order valence-electron chi connectivity index (χ0n) is 18.3. The fourth-order valence-corrected chi connectivity index (χ4v) is 4.14. The number of nitrogens with zero attached hydrogens (tertiary/aromatic N) is 7. The van der Waals surface area contributed by atoms with E-state index in [9.17, 15) is 14.4 Å². The Morgan fingerprint density at radius 3 is 2.71 bits per heavy atom. The van der Waals surface area contributed by atoms with Crippen molar-refractivity contribution < 1.29 is 4.39 Å². The van der Waals surface area contributed by atoms with Gasteiger partial charge in [-0.25, -0.2) is 13.9 Å². The van der Waals surface area contributed by atoms with Crippen LogP contribution in [0.15, 0.2) is 41.5 Å². The molecule has 0 aliphatic heterocycles. The van der Waals surface area contributed by atoms with Gasteiger partial charge < -0.3 is 11.5 Å². The maximum absolute atomic E-state index is 14.9. The van der Waals surface area contributed by atoms with Gasteiger partial charge in [0, 0.05) is 12.7 Å². The van der Waals surface area contributed by atoms with Crippen molar-refractivity contribution in [3.63, 3.8) is 0 Å². The number of rotatable bonds is 6. The van der Waals surface area contributed by atoms with E-state index >= 15 is 0 Å². The third kappa shape index (κ3) is 4.08. The SMILES string of the molecule is N#Cc1c(N)nc(N)nc1N(CCC1CC1)c1nc2c(F)ccc(Cl)c2c(=O)n1-c1cccnc1. The number of pyridine rings is 1. The topological polar surface area (TPSA) is 153 Å². The summed E-state index contributed by atoms with van der Waals surface area (Å²) in [6.07, 6.45) is 5.88. The summed E-state index contributed by atoms with van der Waals surface area (Å²) in [7, 11) is 0. The Bertz CT molecular complexity index is 1550. The van der Waals surface area contributed by atoms with E-state index < -0.39 is 11.4 Å². The first-order valence-corrected chi connectivity index (χ1v) is 11.2. The molecule has 1 aromatic carbocycles. The molecule has 0 atom stereocenters. The zero-order chi connectivity index (χ0) is 24.7. The van der Waals surface area contributed by atoms with Crippen LogP contribution in [0.2, 0.25) is 5.02 Å². The first kappa shape index (κ1) is 22.5. The van der Waals surface area contributed by atoms with Crippen molar-refractivity contribution in [3.8, 4) is 11.8 Å². The van der Waals surface area contributed by atoms with E-state index in [0.29, 0.717) is 24.6 Å². The standard InChI is InChI=1S/C23H19ClFN9O/c24-15-5-6-16(25)18-17(15)21(35)34(13-2-1-8-29-11-13)23(30-18)33(9-7-12-3-4-12)20-14(10-26)19(27)31-22(28)32-20/h1-2,5-6,8,11-12H,3-4,7,9H2,(H4,27,28,31,32). The molecule has 4 aromatic rings. The molecule has 3 heterocycles. The molecule has 3 aromatic heterocycles. The Balaban J connectivity index is 1.87. The van der Waals surface area contributed by atoms with Crippen LogP contribution >= 0.6 is 11.6 Å². The maximum Gasteiger partial charge on any atom is 0.269 e. The van der Waals surface area contributed by atoms with Crippen LogP contribution < -0.4 is 21.9 Å². The molecule has 0 saturated heterocycles. The molecule has 1 aliphatic rings. The van der Waals surface area contributed by atoms with Crippen molar-refractivity contribution in [2.24, 2.45) is 5.92 Å². The maximum atomic E-state index is 14.9. The Hall–Kier alpha value is -4.30. The fraction of sp³-hybridized carbons (Fsp3) is 0.217. The summed E-state index contributed by atoms with van der Waals surface area (Å²) in [4.78, 5) is 32.1. The predicted molar refractivity (Wildman–Crippen MR) is 130 cm³/mol. The van der Waals surface area contributed by atoms with Gasteiger partial charge in [0.2, 0.25) is 11.9 Å². The molecule has 10 nitrogen and oxygen atoms in total. The molecule has 0 radical (unpaired) electrons. The number of nitrogen functional groups attached to an aromatic ring is 2. The molecule has 12 heteroatoms. The molecule has 0 bridgehead atoms. The van der Waals surface area contributed by atoms with Gasteiger partial charge in [0.05, 0.1) is 22.3 Å². The number of benzene rings is 1. The van der Waals surface area contributed by atoms with Crippen LogP contribution in [0.4, 0.5) is 27.9 Å². The second-order valence-electron chi connectivity index (χ2n) is 8.18. The van der Waals surface area contributed by atoms with Crippen LogP contribution in [0, 0.1) is 23.1 Å². The Morgan fingerprint density at radius 2 is 2.03 bits per heavy atom. The van der Waals surface area contributed by atoms with Gasteiger partial charge in [0.1, 0.15) is 28.8 Å². The molecule has 1 saturated carbocycles. The predicted octanol–water partition coefficient (Wildman–Crippen LogP) is 3.34. The minimum atomic E-state index is -0.717. The average Bonchev–Trinajstić information content (AvgIpc) is 3.66. The highest BCUT2D eigenvalue weighted by atomic mass is 35.5. The average molecular weight is 492 g/mol. The van der Waals surface area contributed by atoms with Crippen LogP contribution in [0.1, 0.15) is 24.8 Å². The number of anilines is 4. The Kier molecular flexibility index (Phi) is 5.66. The molecule has 0 spiro atoms. The molecule has 1 aliphatic carbocycles. The Morgan fingerprint density at radius 1 is 1.23 bits per heavy atom. The summed E-state index contributed by atoms with van der Waals surface area (Å²) in [6, 6.07) is 7.77. The number of halogens is 2. The normalized spacial score (nSPS) is 13.1. The summed E-state index contributed by atoms with van der Waals surface area (Å²) < 4.78 is 16.2. The molecule has 35 heavy (non-hydrogen) atoms. The van der Waals surface area contributed by atoms with Crippen molar-refractivity contribution in [1.29, 1.82) is 5.26 Å². The molecule has 5 rings (SSSR count). The van der Waals surface area contributed by atoms with Gasteiger partial charge in [0.25, 0.3) is 5.56 Å². The quantitative estimate of drug-likeness (QED) is 0.413. The highest BCUT2D eigenvalue weighted by Gasteiger charge is 2.29. The highest BCUT2D eigenvalue weighted by molar-refractivity contribution is 6.35. The summed E-state index contributed by atoms with van der Waals surface area (Å²) >= 11 is 6.30. The molecule has 4 N–H and O–H groups in total. The molecular formula is C23H19ClFN9O. The summed E-state index contributed by atoms with van der Waals surface area (Å²) in [5.41, 5.74) is 11.4. The zero-order valence-corrected chi connectivity index (χ0v) is 19.1. The molecule has 0 unspecified atom stereocenters. The van der Waals surface area contributed by atoms with Crippen molar-refractivity contribution in [1.82, 2.24) is 24.5 Å². The summed E-state index contributed by atoms with van der Waals surface area (Å²) in [5.74, 6) is -0.416. The van der Waals surface area contributed by atoms with Crippen LogP contribution in [-0.4, -0.2) is 31.0 Å². The van der Waals surface area contributed by atoms with Gasteiger partial charge in [-0.3, -0.25) is 14.7 Å². The lowest BCUT2D eigenvalue weighted by atomic mass is 10.2. The van der Waals surface area contributed by atoms with Crippen molar-refractivity contribution in [2.45, 2.75) is 19.3 Å². The molecule has 1 fully saturated rings. The number of aromatic nitrogens is 5.